The number of nitrogens with zero attached hydrogens (tertiary/aromatic N) is 2. The van der Waals surface area contributed by atoms with E-state index in [4.69, 9.17) is 36.5 Å². The van der Waals surface area contributed by atoms with E-state index in [-0.39, 0.29) is 0 Å². The number of carbonyl (C=O) groups excluding carboxylic acids is 1. The number of nitrogens with two attached hydrogens (primary N) is 1. The molecular formula is C27H22ClN3O4. The van der Waals surface area contributed by atoms with Crippen molar-refractivity contribution >= 4 is 28.6 Å². The minimum Gasteiger partial charge on any atom is -0.438 e. The molecule has 2 aromatic heterocycles. The third kappa shape index (κ3) is 3.82. The fourth-order valence-corrected chi connectivity index (χ4v) is 5.31. The van der Waals surface area contributed by atoms with Crippen LogP contribution in [0.3, 0.4) is 0 Å². The molecule has 35 heavy (non-hydrogen) atoms. The first-order chi connectivity index (χ1) is 17.0. The van der Waals surface area contributed by atoms with Crippen LogP contribution in [0.2, 0.25) is 5.15 Å². The highest BCUT2D eigenvalue weighted by Gasteiger charge is 2.62. The van der Waals surface area contributed by atoms with E-state index >= 15 is 0 Å². The standard InChI is InChI=1S/C27H22ClN3O4/c28-24-21-14-20(17-4-2-1-3-5-17)23(31-22(21)10-11-30-24)18-6-8-19(9-7-18)26(35-25(29)32)15-27(16-26)33-12-13-34-27/h1-11,14H,12-13,15-16H2,(H2,29,32). The molecule has 8 heteroatoms. The lowest BCUT2D eigenvalue weighted by Crippen LogP contribution is -2.57. The summed E-state index contributed by atoms with van der Waals surface area (Å²) in [6.45, 7) is 1.06. The predicted octanol–water partition coefficient (Wildman–Crippen LogP) is 5.44. The van der Waals surface area contributed by atoms with Crippen molar-refractivity contribution < 1.29 is 19.0 Å². The Kier molecular flexibility index (Phi) is 5.21. The summed E-state index contributed by atoms with van der Waals surface area (Å²) < 4.78 is 17.1. The number of halogens is 1. The lowest BCUT2D eigenvalue weighted by Gasteiger charge is -2.51. The first kappa shape index (κ1) is 22.0. The van der Waals surface area contributed by atoms with Crippen molar-refractivity contribution in [3.8, 4) is 22.4 Å². The molecule has 1 saturated carbocycles. The van der Waals surface area contributed by atoms with Crippen LogP contribution in [0, 0.1) is 0 Å². The second kappa shape index (κ2) is 8.30. The number of carbonyl (C=O) groups is 1. The number of hydrogen-bond acceptors (Lipinski definition) is 6. The molecule has 2 aromatic carbocycles. The summed E-state index contributed by atoms with van der Waals surface area (Å²) in [5.74, 6) is -0.707. The van der Waals surface area contributed by atoms with E-state index in [1.807, 2.05) is 66.7 Å². The zero-order valence-electron chi connectivity index (χ0n) is 18.7. The Morgan fingerprint density at radius 2 is 1.69 bits per heavy atom. The number of rotatable bonds is 4. The number of primary amides is 1. The molecule has 4 aromatic rings. The Balaban J connectivity index is 1.42. The molecule has 7 nitrogen and oxygen atoms in total. The van der Waals surface area contributed by atoms with E-state index in [2.05, 4.69) is 4.98 Å². The summed E-state index contributed by atoms with van der Waals surface area (Å²) in [6.07, 6.45) is 1.63. The van der Waals surface area contributed by atoms with Crippen LogP contribution < -0.4 is 5.73 Å². The van der Waals surface area contributed by atoms with Crippen molar-refractivity contribution in [2.75, 3.05) is 13.2 Å². The first-order valence-corrected chi connectivity index (χ1v) is 11.7. The molecule has 0 bridgehead atoms. The summed E-state index contributed by atoms with van der Waals surface area (Å²) in [7, 11) is 0. The average Bonchev–Trinajstić information content (AvgIpc) is 3.33. The minimum absolute atomic E-state index is 0.400. The number of benzene rings is 2. The Hall–Kier alpha value is -3.52. The van der Waals surface area contributed by atoms with Crippen LogP contribution in [0.5, 0.6) is 0 Å². The van der Waals surface area contributed by atoms with Gasteiger partial charge in [0.15, 0.2) is 5.79 Å². The van der Waals surface area contributed by atoms with Crippen LogP contribution in [0.1, 0.15) is 18.4 Å². The van der Waals surface area contributed by atoms with Gasteiger partial charge in [-0.1, -0.05) is 66.2 Å². The molecule has 0 atom stereocenters. The van der Waals surface area contributed by atoms with Gasteiger partial charge in [-0.3, -0.25) is 0 Å². The number of amides is 1. The number of hydrogen-bond donors (Lipinski definition) is 1. The second-order valence-electron chi connectivity index (χ2n) is 8.87. The SMILES string of the molecule is NC(=O)OC1(c2ccc(-c3nc4ccnc(Cl)c4cc3-c3ccccc3)cc2)CC2(C1)OCCO2. The molecule has 1 saturated heterocycles. The molecule has 176 valence electrons. The molecule has 1 amide bonds. The molecule has 0 unspecified atom stereocenters. The molecular weight excluding hydrogens is 466 g/mol. The summed E-state index contributed by atoms with van der Waals surface area (Å²) in [6, 6.07) is 21.7. The van der Waals surface area contributed by atoms with E-state index in [9.17, 15) is 4.79 Å². The van der Waals surface area contributed by atoms with Crippen LogP contribution in [-0.2, 0) is 19.8 Å². The van der Waals surface area contributed by atoms with Crippen molar-refractivity contribution in [1.29, 1.82) is 0 Å². The Labute approximate surface area is 206 Å². The lowest BCUT2D eigenvalue weighted by atomic mass is 9.69. The zero-order valence-corrected chi connectivity index (χ0v) is 19.5. The highest BCUT2D eigenvalue weighted by molar-refractivity contribution is 6.34. The van der Waals surface area contributed by atoms with Gasteiger partial charge in [-0.05, 0) is 23.3 Å². The van der Waals surface area contributed by atoms with Crippen molar-refractivity contribution in [2.24, 2.45) is 5.73 Å². The molecule has 0 radical (unpaired) electrons. The fourth-order valence-electron chi connectivity index (χ4n) is 5.10. The maximum Gasteiger partial charge on any atom is 0.405 e. The summed E-state index contributed by atoms with van der Waals surface area (Å²) in [5.41, 5.74) is 9.82. The molecule has 2 N–H and O–H groups in total. The van der Waals surface area contributed by atoms with Gasteiger partial charge in [0.05, 0.1) is 24.4 Å². The van der Waals surface area contributed by atoms with Gasteiger partial charge in [0.2, 0.25) is 0 Å². The van der Waals surface area contributed by atoms with Gasteiger partial charge in [-0.15, -0.1) is 0 Å². The number of aromatic nitrogens is 2. The largest absolute Gasteiger partial charge is 0.438 e. The Morgan fingerprint density at radius 1 is 0.971 bits per heavy atom. The molecule has 2 aliphatic rings. The quantitative estimate of drug-likeness (QED) is 0.385. The monoisotopic (exact) mass is 487 g/mol. The van der Waals surface area contributed by atoms with Crippen molar-refractivity contribution in [2.45, 2.75) is 24.2 Å². The summed E-state index contributed by atoms with van der Waals surface area (Å²) in [5, 5.41) is 1.20. The highest BCUT2D eigenvalue weighted by Crippen LogP contribution is 2.55. The van der Waals surface area contributed by atoms with E-state index in [1.165, 1.54) is 0 Å². The van der Waals surface area contributed by atoms with Gasteiger partial charge >= 0.3 is 6.09 Å². The normalized spacial score (nSPS) is 17.9. The first-order valence-electron chi connectivity index (χ1n) is 11.4. The van der Waals surface area contributed by atoms with Crippen LogP contribution >= 0.6 is 11.6 Å². The lowest BCUT2D eigenvalue weighted by molar-refractivity contribution is -0.287. The van der Waals surface area contributed by atoms with Gasteiger partial charge in [-0.2, -0.15) is 0 Å². The highest BCUT2D eigenvalue weighted by atomic mass is 35.5. The Bertz CT molecular complexity index is 1410. The van der Waals surface area contributed by atoms with E-state index < -0.39 is 17.5 Å². The van der Waals surface area contributed by atoms with E-state index in [1.54, 1.807) is 6.20 Å². The third-order valence-electron chi connectivity index (χ3n) is 6.68. The molecule has 2 fully saturated rings. The average molecular weight is 488 g/mol. The van der Waals surface area contributed by atoms with Gasteiger partial charge in [0.25, 0.3) is 0 Å². The van der Waals surface area contributed by atoms with Crippen LogP contribution in [0.4, 0.5) is 4.79 Å². The molecule has 1 spiro atoms. The summed E-state index contributed by atoms with van der Waals surface area (Å²) in [4.78, 5) is 20.9. The van der Waals surface area contributed by atoms with E-state index in [0.717, 1.165) is 38.9 Å². The maximum atomic E-state index is 11.7. The van der Waals surface area contributed by atoms with E-state index in [0.29, 0.717) is 31.2 Å². The van der Waals surface area contributed by atoms with Crippen LogP contribution in [0.25, 0.3) is 33.3 Å². The van der Waals surface area contributed by atoms with Crippen molar-refractivity contribution in [3.05, 3.63) is 83.6 Å². The third-order valence-corrected chi connectivity index (χ3v) is 6.98. The maximum absolute atomic E-state index is 11.7. The number of pyridine rings is 2. The van der Waals surface area contributed by atoms with Gasteiger partial charge in [-0.25, -0.2) is 14.8 Å². The second-order valence-corrected chi connectivity index (χ2v) is 9.23. The minimum atomic E-state index is -0.882. The zero-order chi connectivity index (χ0) is 24.0. The topological polar surface area (TPSA) is 96.6 Å². The smallest absolute Gasteiger partial charge is 0.405 e. The molecule has 1 aliphatic carbocycles. The number of ether oxygens (including phenoxy) is 3. The summed E-state index contributed by atoms with van der Waals surface area (Å²) >= 11 is 6.38. The molecule has 3 heterocycles. The molecule has 6 rings (SSSR count). The van der Waals surface area contributed by atoms with Crippen LogP contribution in [0.15, 0.2) is 72.9 Å². The number of fused-ring (bicyclic) bond motifs is 1. The van der Waals surface area contributed by atoms with Gasteiger partial charge in [0.1, 0.15) is 10.8 Å². The van der Waals surface area contributed by atoms with Crippen molar-refractivity contribution in [3.63, 3.8) is 0 Å². The van der Waals surface area contributed by atoms with Crippen molar-refractivity contribution in [1.82, 2.24) is 9.97 Å². The predicted molar refractivity (Wildman–Crippen MR) is 132 cm³/mol. The Morgan fingerprint density at radius 3 is 2.37 bits per heavy atom. The van der Waals surface area contributed by atoms with Gasteiger partial charge in [0, 0.05) is 35.6 Å². The molecule has 1 aliphatic heterocycles. The fraction of sp³-hybridized carbons (Fsp3) is 0.222. The van der Waals surface area contributed by atoms with Gasteiger partial charge < -0.3 is 19.9 Å². The van der Waals surface area contributed by atoms with Crippen LogP contribution in [-0.4, -0.2) is 35.1 Å².